The molecule has 0 aromatic carbocycles. The molecule has 1 aromatic rings. The summed E-state index contributed by atoms with van der Waals surface area (Å²) in [4.78, 5) is 48.9. The number of imide groups is 1. The zero-order chi connectivity index (χ0) is 19.7. The summed E-state index contributed by atoms with van der Waals surface area (Å²) in [5, 5.41) is 36.6. The molecule has 0 saturated heterocycles. The molecule has 1 atom stereocenters. The van der Waals surface area contributed by atoms with Crippen LogP contribution in [0.25, 0.3) is 0 Å². The molecule has 1 aromatic heterocycles. The Bertz CT molecular complexity index is 646. The molecule has 0 aliphatic carbocycles. The van der Waals surface area contributed by atoms with Crippen molar-refractivity contribution < 1.29 is 39.6 Å². The standard InChI is InChI=1S/C13H15N3O8S2/c17-10(18)8(7-25-26-9-3-1-2-4-14-9)15(11(19)20)5-6-16(12(21)22)13(23)24/h1-4,8H,5-7H2,(H,17,18)(H,19,20)(H,21,22)(H,23,24). The maximum Gasteiger partial charge on any atom is 0.416 e. The van der Waals surface area contributed by atoms with E-state index in [1.165, 1.54) is 0 Å². The molecule has 1 rings (SSSR count). The SMILES string of the molecule is O=C(O)C(CSSc1ccccn1)N(CCN(C(=O)O)C(=O)O)C(=O)O. The second-order valence-electron chi connectivity index (χ2n) is 4.58. The van der Waals surface area contributed by atoms with Gasteiger partial charge in [-0.2, -0.15) is 0 Å². The van der Waals surface area contributed by atoms with E-state index in [1.54, 1.807) is 24.4 Å². The van der Waals surface area contributed by atoms with Crippen LogP contribution in [0.2, 0.25) is 0 Å². The van der Waals surface area contributed by atoms with Gasteiger partial charge in [0.15, 0.2) is 0 Å². The highest BCUT2D eigenvalue weighted by Crippen LogP contribution is 2.30. The van der Waals surface area contributed by atoms with Gasteiger partial charge in [0, 0.05) is 18.5 Å². The fourth-order valence-corrected chi connectivity index (χ4v) is 3.84. The lowest BCUT2D eigenvalue weighted by Gasteiger charge is -2.27. The second kappa shape index (κ2) is 10.4. The lowest BCUT2D eigenvalue weighted by Crippen LogP contribution is -2.50. The molecule has 142 valence electrons. The van der Waals surface area contributed by atoms with Gasteiger partial charge in [0.25, 0.3) is 0 Å². The first kappa shape index (κ1) is 21.4. The molecular weight excluding hydrogens is 390 g/mol. The predicted octanol–water partition coefficient (Wildman–Crippen LogP) is 1.91. The minimum atomic E-state index is -1.78. The summed E-state index contributed by atoms with van der Waals surface area (Å²) in [6.45, 7) is -1.32. The van der Waals surface area contributed by atoms with Gasteiger partial charge in [0.1, 0.15) is 11.1 Å². The topological polar surface area (TPSA) is 169 Å². The number of carbonyl (C=O) groups is 4. The molecule has 4 N–H and O–H groups in total. The number of hydrogen-bond donors (Lipinski definition) is 4. The van der Waals surface area contributed by atoms with Crippen molar-refractivity contribution in [3.05, 3.63) is 24.4 Å². The Morgan fingerprint density at radius 3 is 2.12 bits per heavy atom. The van der Waals surface area contributed by atoms with Gasteiger partial charge in [0.2, 0.25) is 0 Å². The lowest BCUT2D eigenvalue weighted by molar-refractivity contribution is -0.141. The van der Waals surface area contributed by atoms with Crippen molar-refractivity contribution in [2.24, 2.45) is 0 Å². The molecule has 11 nitrogen and oxygen atoms in total. The first-order valence-corrected chi connectivity index (χ1v) is 9.22. The maximum atomic E-state index is 11.4. The van der Waals surface area contributed by atoms with Crippen LogP contribution in [0.4, 0.5) is 14.4 Å². The third-order valence-electron chi connectivity index (χ3n) is 2.94. The van der Waals surface area contributed by atoms with Crippen LogP contribution < -0.4 is 0 Å². The molecule has 0 aliphatic heterocycles. The second-order valence-corrected chi connectivity index (χ2v) is 6.94. The number of carboxylic acid groups (broad SMARTS) is 4. The van der Waals surface area contributed by atoms with Crippen LogP contribution in [0.1, 0.15) is 0 Å². The van der Waals surface area contributed by atoms with E-state index in [2.05, 4.69) is 4.98 Å². The van der Waals surface area contributed by atoms with Crippen LogP contribution in [0.5, 0.6) is 0 Å². The molecule has 0 fully saturated rings. The van der Waals surface area contributed by atoms with Crippen LogP contribution in [0, 0.1) is 0 Å². The molecule has 0 saturated carbocycles. The third-order valence-corrected chi connectivity index (χ3v) is 5.20. The monoisotopic (exact) mass is 405 g/mol. The van der Waals surface area contributed by atoms with Gasteiger partial charge in [-0.05, 0) is 22.9 Å². The van der Waals surface area contributed by atoms with E-state index in [-0.39, 0.29) is 10.7 Å². The first-order valence-electron chi connectivity index (χ1n) is 6.90. The number of nitrogens with zero attached hydrogens (tertiary/aromatic N) is 3. The number of aliphatic carboxylic acids is 1. The Balaban J connectivity index is 2.74. The summed E-state index contributed by atoms with van der Waals surface area (Å²) < 4.78 is 0. The minimum Gasteiger partial charge on any atom is -0.480 e. The van der Waals surface area contributed by atoms with Crippen LogP contribution in [-0.4, -0.2) is 84.3 Å². The molecule has 26 heavy (non-hydrogen) atoms. The quantitative estimate of drug-likeness (QED) is 0.443. The molecule has 0 bridgehead atoms. The normalized spacial score (nSPS) is 11.4. The summed E-state index contributed by atoms with van der Waals surface area (Å²) in [6, 6.07) is 3.65. The Labute approximate surface area is 155 Å². The average Bonchev–Trinajstić information content (AvgIpc) is 2.56. The number of carboxylic acids is 1. The van der Waals surface area contributed by atoms with Gasteiger partial charge in [0.05, 0.1) is 6.54 Å². The number of rotatable bonds is 9. The van der Waals surface area contributed by atoms with Gasteiger partial charge in [-0.3, -0.25) is 4.90 Å². The van der Waals surface area contributed by atoms with E-state index in [4.69, 9.17) is 10.2 Å². The third kappa shape index (κ3) is 6.68. The van der Waals surface area contributed by atoms with Gasteiger partial charge in [-0.1, -0.05) is 16.9 Å². The number of amides is 3. The van der Waals surface area contributed by atoms with E-state index >= 15 is 0 Å². The Morgan fingerprint density at radius 1 is 1.00 bits per heavy atom. The zero-order valence-electron chi connectivity index (χ0n) is 13.1. The van der Waals surface area contributed by atoms with E-state index in [0.29, 0.717) is 9.93 Å². The van der Waals surface area contributed by atoms with Crippen molar-refractivity contribution in [2.45, 2.75) is 11.1 Å². The molecule has 0 aliphatic rings. The van der Waals surface area contributed by atoms with E-state index < -0.39 is 43.4 Å². The van der Waals surface area contributed by atoms with Gasteiger partial charge < -0.3 is 20.4 Å². The average molecular weight is 405 g/mol. The summed E-state index contributed by atoms with van der Waals surface area (Å²) in [6.07, 6.45) is -3.62. The fourth-order valence-electron chi connectivity index (χ4n) is 1.72. The van der Waals surface area contributed by atoms with E-state index in [9.17, 15) is 29.4 Å². The van der Waals surface area contributed by atoms with Crippen LogP contribution >= 0.6 is 21.6 Å². The highest BCUT2D eigenvalue weighted by molar-refractivity contribution is 8.76. The molecule has 3 amide bonds. The van der Waals surface area contributed by atoms with E-state index in [1.807, 2.05) is 0 Å². The van der Waals surface area contributed by atoms with Gasteiger partial charge in [-0.25, -0.2) is 29.1 Å². The Morgan fingerprint density at radius 2 is 1.65 bits per heavy atom. The van der Waals surface area contributed by atoms with Crippen molar-refractivity contribution in [1.29, 1.82) is 0 Å². The predicted molar refractivity (Wildman–Crippen MR) is 91.5 cm³/mol. The van der Waals surface area contributed by atoms with Crippen molar-refractivity contribution in [3.63, 3.8) is 0 Å². The highest BCUT2D eigenvalue weighted by Gasteiger charge is 2.31. The molecule has 1 unspecified atom stereocenters. The number of aromatic nitrogens is 1. The maximum absolute atomic E-state index is 11.4. The lowest BCUT2D eigenvalue weighted by atomic mass is 10.3. The molecule has 0 spiro atoms. The van der Waals surface area contributed by atoms with E-state index in [0.717, 1.165) is 21.6 Å². The highest BCUT2D eigenvalue weighted by atomic mass is 33.1. The van der Waals surface area contributed by atoms with Crippen LogP contribution in [-0.2, 0) is 4.79 Å². The van der Waals surface area contributed by atoms with Crippen molar-refractivity contribution in [2.75, 3.05) is 18.8 Å². The molecular formula is C13H15N3O8S2. The zero-order valence-corrected chi connectivity index (χ0v) is 14.7. The first-order chi connectivity index (χ1) is 12.2. The van der Waals surface area contributed by atoms with Crippen molar-refractivity contribution in [3.8, 4) is 0 Å². The smallest absolute Gasteiger partial charge is 0.416 e. The van der Waals surface area contributed by atoms with Crippen molar-refractivity contribution >= 4 is 45.8 Å². The van der Waals surface area contributed by atoms with Crippen LogP contribution in [0.3, 0.4) is 0 Å². The summed E-state index contributed by atoms with van der Waals surface area (Å²) in [7, 11) is 2.21. The largest absolute Gasteiger partial charge is 0.480 e. The van der Waals surface area contributed by atoms with Gasteiger partial charge in [-0.15, -0.1) is 0 Å². The van der Waals surface area contributed by atoms with Gasteiger partial charge >= 0.3 is 24.2 Å². The fraction of sp³-hybridized carbons (Fsp3) is 0.308. The summed E-state index contributed by atoms with van der Waals surface area (Å²) in [5.74, 6) is -1.58. The summed E-state index contributed by atoms with van der Waals surface area (Å²) >= 11 is 0. The van der Waals surface area contributed by atoms with Crippen molar-refractivity contribution in [1.82, 2.24) is 14.8 Å². The minimum absolute atomic E-state index is 0.0232. The van der Waals surface area contributed by atoms with Crippen LogP contribution in [0.15, 0.2) is 29.4 Å². The number of hydrogen-bond acceptors (Lipinski definition) is 7. The molecule has 13 heteroatoms. The Kier molecular flexibility index (Phi) is 8.51. The summed E-state index contributed by atoms with van der Waals surface area (Å²) in [5.41, 5.74) is 0. The number of pyridine rings is 1. The molecule has 1 heterocycles. The Hall–Kier alpha value is -2.67. The molecule has 0 radical (unpaired) electrons.